The number of nitrogens with one attached hydrogen (secondary N) is 1. The third-order valence-corrected chi connectivity index (χ3v) is 3.24. The molecule has 5 heteroatoms. The average molecular weight is 272 g/mol. The Morgan fingerprint density at radius 2 is 2.05 bits per heavy atom. The van der Waals surface area contributed by atoms with Gasteiger partial charge in [0.2, 0.25) is 0 Å². The molecule has 2 aromatic carbocycles. The van der Waals surface area contributed by atoms with Crippen molar-refractivity contribution in [2.45, 2.75) is 6.04 Å². The van der Waals surface area contributed by atoms with Crippen LogP contribution >= 0.6 is 0 Å². The van der Waals surface area contributed by atoms with Crippen LogP contribution < -0.4 is 15.8 Å². The van der Waals surface area contributed by atoms with Crippen molar-refractivity contribution < 1.29 is 13.9 Å². The summed E-state index contributed by atoms with van der Waals surface area (Å²) in [6.07, 6.45) is 0. The normalized spacial score (nSPS) is 15.0. The van der Waals surface area contributed by atoms with Crippen molar-refractivity contribution in [3.05, 3.63) is 59.4 Å². The van der Waals surface area contributed by atoms with Crippen molar-refractivity contribution in [3.63, 3.8) is 0 Å². The SMILES string of the molecule is NC(c1ccc2c(c1)NC(=O)CO2)c1ccccc1F. The summed E-state index contributed by atoms with van der Waals surface area (Å²) in [6.45, 7) is 0.00567. The number of fused-ring (bicyclic) bond motifs is 1. The Morgan fingerprint density at radius 3 is 2.85 bits per heavy atom. The molecule has 102 valence electrons. The van der Waals surface area contributed by atoms with Crippen LogP contribution in [0, 0.1) is 5.82 Å². The van der Waals surface area contributed by atoms with Gasteiger partial charge in [-0.05, 0) is 23.8 Å². The van der Waals surface area contributed by atoms with E-state index < -0.39 is 6.04 Å². The minimum absolute atomic E-state index is 0.00567. The summed E-state index contributed by atoms with van der Waals surface area (Å²) in [5, 5.41) is 2.71. The summed E-state index contributed by atoms with van der Waals surface area (Å²) in [6, 6.07) is 11.0. The number of carbonyl (C=O) groups excluding carboxylic acids is 1. The molecule has 2 aromatic rings. The smallest absolute Gasteiger partial charge is 0.262 e. The number of carbonyl (C=O) groups is 1. The number of hydrogen-bond acceptors (Lipinski definition) is 3. The molecule has 3 N–H and O–H groups in total. The van der Waals surface area contributed by atoms with Crippen molar-refractivity contribution in [1.82, 2.24) is 0 Å². The van der Waals surface area contributed by atoms with E-state index in [0.717, 1.165) is 0 Å². The molecule has 1 atom stereocenters. The van der Waals surface area contributed by atoms with Gasteiger partial charge in [0.1, 0.15) is 11.6 Å². The first-order valence-corrected chi connectivity index (χ1v) is 6.22. The predicted molar refractivity (Wildman–Crippen MR) is 73.0 cm³/mol. The van der Waals surface area contributed by atoms with Gasteiger partial charge in [-0.25, -0.2) is 4.39 Å². The molecule has 0 saturated heterocycles. The van der Waals surface area contributed by atoms with Crippen molar-refractivity contribution in [1.29, 1.82) is 0 Å². The summed E-state index contributed by atoms with van der Waals surface area (Å²) in [5.74, 6) is 0.0289. The third kappa shape index (κ3) is 2.23. The first-order valence-electron chi connectivity index (χ1n) is 6.22. The van der Waals surface area contributed by atoms with Crippen LogP contribution in [0.5, 0.6) is 5.75 Å². The van der Waals surface area contributed by atoms with Gasteiger partial charge in [-0.3, -0.25) is 4.79 Å². The maximum Gasteiger partial charge on any atom is 0.262 e. The second kappa shape index (κ2) is 4.94. The zero-order valence-corrected chi connectivity index (χ0v) is 10.6. The van der Waals surface area contributed by atoms with Crippen molar-refractivity contribution in [2.75, 3.05) is 11.9 Å². The molecule has 20 heavy (non-hydrogen) atoms. The van der Waals surface area contributed by atoms with Gasteiger partial charge in [-0.1, -0.05) is 24.3 Å². The predicted octanol–water partition coefficient (Wildman–Crippen LogP) is 2.20. The number of benzene rings is 2. The largest absolute Gasteiger partial charge is 0.482 e. The van der Waals surface area contributed by atoms with E-state index in [0.29, 0.717) is 22.6 Å². The minimum Gasteiger partial charge on any atom is -0.482 e. The number of hydrogen-bond donors (Lipinski definition) is 2. The van der Waals surface area contributed by atoms with E-state index in [2.05, 4.69) is 5.32 Å². The highest BCUT2D eigenvalue weighted by molar-refractivity contribution is 5.95. The molecule has 1 amide bonds. The molecule has 4 nitrogen and oxygen atoms in total. The Balaban J connectivity index is 1.97. The van der Waals surface area contributed by atoms with Gasteiger partial charge < -0.3 is 15.8 Å². The Kier molecular flexibility index (Phi) is 3.12. The minimum atomic E-state index is -0.597. The molecule has 0 aromatic heterocycles. The zero-order chi connectivity index (χ0) is 14.1. The molecule has 0 aliphatic carbocycles. The van der Waals surface area contributed by atoms with Crippen molar-refractivity contribution in [2.24, 2.45) is 5.73 Å². The fourth-order valence-corrected chi connectivity index (χ4v) is 2.20. The van der Waals surface area contributed by atoms with E-state index in [4.69, 9.17) is 10.5 Å². The van der Waals surface area contributed by atoms with E-state index in [1.54, 1.807) is 36.4 Å². The fourth-order valence-electron chi connectivity index (χ4n) is 2.20. The lowest BCUT2D eigenvalue weighted by Gasteiger charge is -2.20. The summed E-state index contributed by atoms with van der Waals surface area (Å²) in [7, 11) is 0. The molecule has 0 bridgehead atoms. The number of ether oxygens (including phenoxy) is 1. The van der Waals surface area contributed by atoms with Crippen LogP contribution in [0.1, 0.15) is 17.2 Å². The topological polar surface area (TPSA) is 64.3 Å². The standard InChI is InChI=1S/C15H13FN2O2/c16-11-4-2-1-3-10(11)15(17)9-5-6-13-12(7-9)18-14(19)8-20-13/h1-7,15H,8,17H2,(H,18,19). The highest BCUT2D eigenvalue weighted by atomic mass is 19.1. The first-order chi connectivity index (χ1) is 9.65. The summed E-state index contributed by atoms with van der Waals surface area (Å²) < 4.78 is 19.0. The lowest BCUT2D eigenvalue weighted by Crippen LogP contribution is -2.25. The molecule has 0 spiro atoms. The number of amides is 1. The van der Waals surface area contributed by atoms with E-state index >= 15 is 0 Å². The summed E-state index contributed by atoms with van der Waals surface area (Å²) in [5.41, 5.74) is 7.77. The zero-order valence-electron chi connectivity index (χ0n) is 10.6. The Labute approximate surface area is 115 Å². The quantitative estimate of drug-likeness (QED) is 0.881. The van der Waals surface area contributed by atoms with E-state index in [1.807, 2.05) is 0 Å². The van der Waals surface area contributed by atoms with E-state index in [9.17, 15) is 9.18 Å². The van der Waals surface area contributed by atoms with Crippen molar-refractivity contribution >= 4 is 11.6 Å². The maximum absolute atomic E-state index is 13.8. The molecular formula is C15H13FN2O2. The second-order valence-electron chi connectivity index (χ2n) is 4.59. The number of rotatable bonds is 2. The summed E-state index contributed by atoms with van der Waals surface area (Å²) in [4.78, 5) is 11.3. The van der Waals surface area contributed by atoms with Gasteiger partial charge in [0, 0.05) is 5.56 Å². The van der Waals surface area contributed by atoms with Gasteiger partial charge in [-0.15, -0.1) is 0 Å². The molecule has 3 rings (SSSR count). The number of anilines is 1. The third-order valence-electron chi connectivity index (χ3n) is 3.24. The Hall–Kier alpha value is -2.40. The molecule has 1 aliphatic rings. The lowest BCUT2D eigenvalue weighted by molar-refractivity contribution is -0.118. The highest BCUT2D eigenvalue weighted by Gasteiger charge is 2.19. The molecule has 0 saturated carbocycles. The monoisotopic (exact) mass is 272 g/mol. The Morgan fingerprint density at radius 1 is 1.25 bits per heavy atom. The highest BCUT2D eigenvalue weighted by Crippen LogP contribution is 2.32. The average Bonchev–Trinajstić information content (AvgIpc) is 2.46. The maximum atomic E-state index is 13.8. The van der Waals surface area contributed by atoms with Crippen LogP contribution in [0.15, 0.2) is 42.5 Å². The number of nitrogens with two attached hydrogens (primary N) is 1. The Bertz CT molecular complexity index is 673. The molecule has 1 unspecified atom stereocenters. The molecule has 0 fully saturated rings. The van der Waals surface area contributed by atoms with Crippen LogP contribution in [-0.2, 0) is 4.79 Å². The summed E-state index contributed by atoms with van der Waals surface area (Å²) >= 11 is 0. The van der Waals surface area contributed by atoms with Gasteiger partial charge in [-0.2, -0.15) is 0 Å². The second-order valence-corrected chi connectivity index (χ2v) is 4.59. The van der Waals surface area contributed by atoms with Gasteiger partial charge in [0.15, 0.2) is 6.61 Å². The molecular weight excluding hydrogens is 259 g/mol. The van der Waals surface area contributed by atoms with Gasteiger partial charge >= 0.3 is 0 Å². The first kappa shape index (κ1) is 12.6. The van der Waals surface area contributed by atoms with Crippen LogP contribution in [0.25, 0.3) is 0 Å². The van der Waals surface area contributed by atoms with Gasteiger partial charge in [0.05, 0.1) is 11.7 Å². The molecule has 0 radical (unpaired) electrons. The van der Waals surface area contributed by atoms with E-state index in [1.165, 1.54) is 6.07 Å². The molecule has 1 aliphatic heterocycles. The van der Waals surface area contributed by atoms with Crippen LogP contribution in [0.3, 0.4) is 0 Å². The lowest BCUT2D eigenvalue weighted by atomic mass is 9.98. The van der Waals surface area contributed by atoms with Crippen molar-refractivity contribution in [3.8, 4) is 5.75 Å². The van der Waals surface area contributed by atoms with E-state index in [-0.39, 0.29) is 18.3 Å². The van der Waals surface area contributed by atoms with Crippen LogP contribution in [0.4, 0.5) is 10.1 Å². The van der Waals surface area contributed by atoms with Gasteiger partial charge in [0.25, 0.3) is 5.91 Å². The number of halogens is 1. The fraction of sp³-hybridized carbons (Fsp3) is 0.133. The van der Waals surface area contributed by atoms with Crippen LogP contribution in [-0.4, -0.2) is 12.5 Å². The van der Waals surface area contributed by atoms with Crippen LogP contribution in [0.2, 0.25) is 0 Å². The molecule has 1 heterocycles.